The molecule has 0 bridgehead atoms. The summed E-state index contributed by atoms with van der Waals surface area (Å²) >= 11 is 0. The first-order valence-electron chi connectivity index (χ1n) is 5.52. The zero-order valence-corrected chi connectivity index (χ0v) is 12.4. The fourth-order valence-electron chi connectivity index (χ4n) is 1.46. The minimum Gasteiger partial charge on any atom is -0.374 e. The van der Waals surface area contributed by atoms with E-state index in [0.717, 1.165) is 6.04 Å². The third-order valence-electron chi connectivity index (χ3n) is 1.75. The van der Waals surface area contributed by atoms with Gasteiger partial charge in [0.15, 0.2) is 0 Å². The van der Waals surface area contributed by atoms with Crippen LogP contribution in [-0.4, -0.2) is 28.6 Å². The van der Waals surface area contributed by atoms with Crippen LogP contribution in [0.2, 0.25) is 6.04 Å². The Bertz CT molecular complexity index is 128. The van der Waals surface area contributed by atoms with Crippen LogP contribution in [0.5, 0.6) is 0 Å². The molecule has 0 aromatic carbocycles. The molecule has 0 aliphatic heterocycles. The molecule has 0 unspecified atom stereocenters. The van der Waals surface area contributed by atoms with Gasteiger partial charge in [0.25, 0.3) is 0 Å². The zero-order valence-electron chi connectivity index (χ0n) is 10.5. The van der Waals surface area contributed by atoms with Crippen LogP contribution in [-0.2, 0) is 13.3 Å². The molecule has 0 saturated carbocycles. The average molecular weight is 257 g/mol. The van der Waals surface area contributed by atoms with Gasteiger partial charge in [-0.1, -0.05) is 13.8 Å². The maximum atomic E-state index is 5.72. The van der Waals surface area contributed by atoms with Gasteiger partial charge in [-0.15, -0.1) is 12.4 Å². The molecule has 0 spiro atoms. The van der Waals surface area contributed by atoms with E-state index in [-0.39, 0.29) is 12.4 Å². The van der Waals surface area contributed by atoms with Gasteiger partial charge in [0.1, 0.15) is 0 Å². The Balaban J connectivity index is 0. The monoisotopic (exact) mass is 256 g/mol. The first kappa shape index (κ1) is 17.8. The van der Waals surface area contributed by atoms with Gasteiger partial charge in [-0.3, -0.25) is 0 Å². The predicted octanol–water partition coefficient (Wildman–Crippen LogP) is 3.11. The SMILES string of the molecule is CCO[Si](CC(C)C)(OCC)OCC.Cl. The molecule has 0 saturated heterocycles. The Morgan fingerprint density at radius 3 is 1.40 bits per heavy atom. The van der Waals surface area contributed by atoms with Gasteiger partial charge in [-0.2, -0.15) is 0 Å². The van der Waals surface area contributed by atoms with Crippen molar-refractivity contribution < 1.29 is 13.3 Å². The van der Waals surface area contributed by atoms with Crippen LogP contribution < -0.4 is 0 Å². The van der Waals surface area contributed by atoms with Gasteiger partial charge in [0.2, 0.25) is 0 Å². The minimum absolute atomic E-state index is 0. The van der Waals surface area contributed by atoms with Crippen molar-refractivity contribution >= 4 is 21.2 Å². The molecule has 0 aliphatic carbocycles. The van der Waals surface area contributed by atoms with Crippen molar-refractivity contribution in [2.24, 2.45) is 5.92 Å². The number of rotatable bonds is 8. The Kier molecular flexibility index (Phi) is 11.4. The quantitative estimate of drug-likeness (QED) is 0.625. The highest BCUT2D eigenvalue weighted by atomic mass is 35.5. The fourth-order valence-corrected chi connectivity index (χ4v) is 4.38. The Hall–Kier alpha value is 0.387. The number of halogens is 1. The highest BCUT2D eigenvalue weighted by molar-refractivity contribution is 6.60. The van der Waals surface area contributed by atoms with Crippen molar-refractivity contribution in [2.45, 2.75) is 40.7 Å². The lowest BCUT2D eigenvalue weighted by molar-refractivity contribution is 0.0683. The van der Waals surface area contributed by atoms with Gasteiger partial charge < -0.3 is 13.3 Å². The molecule has 0 rings (SSSR count). The smallest absolute Gasteiger partial charge is 0.374 e. The molecule has 15 heavy (non-hydrogen) atoms. The van der Waals surface area contributed by atoms with Crippen molar-refractivity contribution in [1.29, 1.82) is 0 Å². The Labute approximate surface area is 101 Å². The maximum absolute atomic E-state index is 5.72. The van der Waals surface area contributed by atoms with Gasteiger partial charge in [0.05, 0.1) is 0 Å². The van der Waals surface area contributed by atoms with Crippen LogP contribution in [0.1, 0.15) is 34.6 Å². The lowest BCUT2D eigenvalue weighted by Gasteiger charge is -2.29. The summed E-state index contributed by atoms with van der Waals surface area (Å²) in [7, 11) is -2.36. The van der Waals surface area contributed by atoms with Gasteiger partial charge in [-0.25, -0.2) is 0 Å². The van der Waals surface area contributed by atoms with E-state index in [9.17, 15) is 0 Å². The summed E-state index contributed by atoms with van der Waals surface area (Å²) in [6, 6.07) is 0.905. The Morgan fingerprint density at radius 1 is 0.867 bits per heavy atom. The molecule has 0 atom stereocenters. The summed E-state index contributed by atoms with van der Waals surface area (Å²) in [5.41, 5.74) is 0. The third kappa shape index (κ3) is 7.30. The largest absolute Gasteiger partial charge is 0.501 e. The topological polar surface area (TPSA) is 27.7 Å². The van der Waals surface area contributed by atoms with Crippen LogP contribution in [0, 0.1) is 5.92 Å². The first-order valence-corrected chi connectivity index (χ1v) is 7.45. The Morgan fingerprint density at radius 2 is 1.20 bits per heavy atom. The first-order chi connectivity index (χ1) is 6.60. The van der Waals surface area contributed by atoms with E-state index in [1.165, 1.54) is 0 Å². The summed E-state index contributed by atoms with van der Waals surface area (Å²) in [5.74, 6) is 0.548. The lowest BCUT2D eigenvalue weighted by atomic mass is 10.3. The molecule has 0 aliphatic rings. The van der Waals surface area contributed by atoms with E-state index >= 15 is 0 Å². The fraction of sp³-hybridized carbons (Fsp3) is 1.00. The minimum atomic E-state index is -2.36. The number of hydrogen-bond acceptors (Lipinski definition) is 3. The van der Waals surface area contributed by atoms with E-state index in [4.69, 9.17) is 13.3 Å². The van der Waals surface area contributed by atoms with Gasteiger partial charge in [0, 0.05) is 25.9 Å². The molecule has 0 fully saturated rings. The summed E-state index contributed by atoms with van der Waals surface area (Å²) in [5, 5.41) is 0. The summed E-state index contributed by atoms with van der Waals surface area (Å²) in [4.78, 5) is 0. The summed E-state index contributed by atoms with van der Waals surface area (Å²) in [6.07, 6.45) is 0. The second-order valence-electron chi connectivity index (χ2n) is 3.58. The van der Waals surface area contributed by atoms with E-state index in [2.05, 4.69) is 13.8 Å². The molecule has 0 radical (unpaired) electrons. The molecule has 0 heterocycles. The summed E-state index contributed by atoms with van der Waals surface area (Å²) in [6.45, 7) is 12.3. The lowest BCUT2D eigenvalue weighted by Crippen LogP contribution is -2.46. The molecule has 0 aromatic heterocycles. The summed E-state index contributed by atoms with van der Waals surface area (Å²) < 4.78 is 17.1. The number of hydrogen-bond donors (Lipinski definition) is 0. The van der Waals surface area contributed by atoms with Crippen LogP contribution in [0.15, 0.2) is 0 Å². The maximum Gasteiger partial charge on any atom is 0.501 e. The molecule has 0 aromatic rings. The van der Waals surface area contributed by atoms with Crippen molar-refractivity contribution in [2.75, 3.05) is 19.8 Å². The second kappa shape index (κ2) is 9.60. The van der Waals surface area contributed by atoms with Crippen LogP contribution >= 0.6 is 12.4 Å². The molecular formula is C10H25ClO3Si. The van der Waals surface area contributed by atoms with Crippen LogP contribution in [0.4, 0.5) is 0 Å². The average Bonchev–Trinajstić information content (AvgIpc) is 2.03. The van der Waals surface area contributed by atoms with Crippen LogP contribution in [0.25, 0.3) is 0 Å². The van der Waals surface area contributed by atoms with E-state index in [1.807, 2.05) is 20.8 Å². The second-order valence-corrected chi connectivity index (χ2v) is 6.22. The highest BCUT2D eigenvalue weighted by Crippen LogP contribution is 2.20. The van der Waals surface area contributed by atoms with E-state index in [1.54, 1.807) is 0 Å². The normalized spacial score (nSPS) is 11.6. The highest BCUT2D eigenvalue weighted by Gasteiger charge is 2.40. The van der Waals surface area contributed by atoms with Crippen LogP contribution in [0.3, 0.4) is 0 Å². The van der Waals surface area contributed by atoms with Gasteiger partial charge >= 0.3 is 8.80 Å². The van der Waals surface area contributed by atoms with Gasteiger partial charge in [-0.05, 0) is 26.7 Å². The molecule has 5 heteroatoms. The van der Waals surface area contributed by atoms with E-state index < -0.39 is 8.80 Å². The molecule has 0 amide bonds. The predicted molar refractivity (Wildman–Crippen MR) is 67.5 cm³/mol. The molecule has 94 valence electrons. The van der Waals surface area contributed by atoms with Crippen molar-refractivity contribution in [3.05, 3.63) is 0 Å². The van der Waals surface area contributed by atoms with E-state index in [0.29, 0.717) is 25.7 Å². The van der Waals surface area contributed by atoms with Crippen molar-refractivity contribution in [3.8, 4) is 0 Å². The third-order valence-corrected chi connectivity index (χ3v) is 5.25. The zero-order chi connectivity index (χ0) is 11.0. The molecular weight excluding hydrogens is 232 g/mol. The van der Waals surface area contributed by atoms with Crippen molar-refractivity contribution in [3.63, 3.8) is 0 Å². The molecule has 3 nitrogen and oxygen atoms in total. The standard InChI is InChI=1S/C10H24O3Si.ClH/c1-6-11-14(12-7-2,13-8-3)9-10(4)5;/h10H,6-9H2,1-5H3;1H. The molecule has 0 N–H and O–H groups in total. The van der Waals surface area contributed by atoms with Crippen molar-refractivity contribution in [1.82, 2.24) is 0 Å².